The average Bonchev–Trinajstić information content (AvgIpc) is 2.52. The molecule has 1 amide bonds. The van der Waals surface area contributed by atoms with E-state index in [0.29, 0.717) is 21.4 Å². The molecule has 1 aromatic carbocycles. The smallest absolute Gasteiger partial charge is 0.231 e. The van der Waals surface area contributed by atoms with E-state index in [0.717, 1.165) is 5.56 Å². The van der Waals surface area contributed by atoms with Gasteiger partial charge in [-0.25, -0.2) is 4.98 Å². The van der Waals surface area contributed by atoms with Gasteiger partial charge in [-0.15, -0.1) is 0 Å². The summed E-state index contributed by atoms with van der Waals surface area (Å²) in [5, 5.41) is 11.9. The molecule has 1 atom stereocenters. The van der Waals surface area contributed by atoms with Crippen molar-refractivity contribution in [2.75, 3.05) is 7.05 Å². The summed E-state index contributed by atoms with van der Waals surface area (Å²) in [5.74, 6) is -0.119. The van der Waals surface area contributed by atoms with Crippen molar-refractivity contribution in [2.45, 2.75) is 18.9 Å². The van der Waals surface area contributed by atoms with Crippen molar-refractivity contribution in [3.05, 3.63) is 46.3 Å². The van der Waals surface area contributed by atoms with Gasteiger partial charge in [-0.05, 0) is 25.1 Å². The quantitative estimate of drug-likeness (QED) is 0.858. The highest BCUT2D eigenvalue weighted by atomic mass is 35.5. The van der Waals surface area contributed by atoms with Crippen LogP contribution < -0.4 is 5.32 Å². The zero-order valence-electron chi connectivity index (χ0n) is 13.1. The molecule has 1 aliphatic rings. The first-order valence-corrected chi connectivity index (χ1v) is 7.96. The topological polar surface area (TPSA) is 82.0 Å². The van der Waals surface area contributed by atoms with Crippen LogP contribution in [0.25, 0.3) is 11.3 Å². The summed E-state index contributed by atoms with van der Waals surface area (Å²) in [6.45, 7) is 1.82. The maximum Gasteiger partial charge on any atom is 0.231 e. The first kappa shape index (κ1) is 16.7. The molecule has 0 bridgehead atoms. The maximum absolute atomic E-state index is 12.1. The van der Waals surface area contributed by atoms with Gasteiger partial charge in [0, 0.05) is 22.7 Å². The number of halogens is 2. The Kier molecular flexibility index (Phi) is 4.19. The number of nitrogens with zero attached hydrogens (tertiary/aromatic N) is 3. The van der Waals surface area contributed by atoms with Crippen LogP contribution in [0.1, 0.15) is 19.0 Å². The first-order chi connectivity index (χ1) is 11.3. The summed E-state index contributed by atoms with van der Waals surface area (Å²) in [5.41, 5.74) is 1.10. The number of amides is 1. The SMILES string of the molecule is CN1C(=N)N[C@](C)(c2cncc(-c3cc(Cl)cc(Cl)c3)n2)CC1=O. The fraction of sp³-hybridized carbons (Fsp3) is 0.250. The van der Waals surface area contributed by atoms with Gasteiger partial charge in [-0.3, -0.25) is 20.1 Å². The molecule has 1 aliphatic heterocycles. The van der Waals surface area contributed by atoms with Crippen LogP contribution in [0.4, 0.5) is 0 Å². The fourth-order valence-electron chi connectivity index (χ4n) is 2.56. The molecule has 124 valence electrons. The Bertz CT molecular complexity index is 801. The van der Waals surface area contributed by atoms with E-state index in [2.05, 4.69) is 15.3 Å². The molecule has 1 aromatic heterocycles. The maximum atomic E-state index is 12.1. The zero-order chi connectivity index (χ0) is 17.5. The molecule has 0 radical (unpaired) electrons. The van der Waals surface area contributed by atoms with Crippen LogP contribution in [-0.2, 0) is 10.3 Å². The summed E-state index contributed by atoms with van der Waals surface area (Å²) in [4.78, 5) is 22.2. The molecule has 2 aromatic rings. The van der Waals surface area contributed by atoms with E-state index in [-0.39, 0.29) is 18.3 Å². The van der Waals surface area contributed by atoms with E-state index in [9.17, 15) is 4.79 Å². The molecule has 3 rings (SSSR count). The van der Waals surface area contributed by atoms with Crippen LogP contribution in [0, 0.1) is 5.41 Å². The Balaban J connectivity index is 2.01. The molecule has 1 fully saturated rings. The van der Waals surface area contributed by atoms with E-state index in [1.807, 2.05) is 6.92 Å². The van der Waals surface area contributed by atoms with Crippen molar-refractivity contribution < 1.29 is 4.79 Å². The number of rotatable bonds is 2. The van der Waals surface area contributed by atoms with Gasteiger partial charge in [0.15, 0.2) is 5.96 Å². The number of aromatic nitrogens is 2. The molecule has 2 heterocycles. The number of benzene rings is 1. The van der Waals surface area contributed by atoms with Crippen LogP contribution in [0.5, 0.6) is 0 Å². The second kappa shape index (κ2) is 6.03. The minimum absolute atomic E-state index is 0.0340. The molecular formula is C16H15Cl2N5O. The van der Waals surface area contributed by atoms with E-state index in [1.54, 1.807) is 37.6 Å². The van der Waals surface area contributed by atoms with Crippen LogP contribution in [0.2, 0.25) is 10.0 Å². The van der Waals surface area contributed by atoms with Gasteiger partial charge in [0.05, 0.1) is 35.7 Å². The first-order valence-electron chi connectivity index (χ1n) is 7.21. The number of hydrogen-bond donors (Lipinski definition) is 2. The molecule has 6 nitrogen and oxygen atoms in total. The molecule has 0 spiro atoms. The lowest BCUT2D eigenvalue weighted by Gasteiger charge is -2.38. The van der Waals surface area contributed by atoms with E-state index >= 15 is 0 Å². The lowest BCUT2D eigenvalue weighted by molar-refractivity contribution is -0.129. The van der Waals surface area contributed by atoms with E-state index in [4.69, 9.17) is 28.6 Å². The Morgan fingerprint density at radius 1 is 1.25 bits per heavy atom. The third-order valence-corrected chi connectivity index (χ3v) is 4.40. The molecule has 1 saturated heterocycles. The van der Waals surface area contributed by atoms with Crippen LogP contribution in [0.15, 0.2) is 30.6 Å². The Morgan fingerprint density at radius 3 is 2.54 bits per heavy atom. The van der Waals surface area contributed by atoms with Crippen molar-refractivity contribution in [1.29, 1.82) is 5.41 Å². The summed E-state index contributed by atoms with van der Waals surface area (Å²) in [6, 6.07) is 5.14. The van der Waals surface area contributed by atoms with Gasteiger partial charge in [0.2, 0.25) is 5.91 Å². The van der Waals surface area contributed by atoms with Gasteiger partial charge >= 0.3 is 0 Å². The highest BCUT2D eigenvalue weighted by Gasteiger charge is 2.39. The molecule has 0 unspecified atom stereocenters. The molecule has 0 aliphatic carbocycles. The number of carbonyl (C=O) groups is 1. The molecule has 8 heteroatoms. The third kappa shape index (κ3) is 3.07. The third-order valence-electron chi connectivity index (χ3n) is 3.97. The van der Waals surface area contributed by atoms with Gasteiger partial charge in [-0.1, -0.05) is 23.2 Å². The zero-order valence-corrected chi connectivity index (χ0v) is 14.6. The lowest BCUT2D eigenvalue weighted by atomic mass is 9.91. The number of hydrogen-bond acceptors (Lipinski definition) is 4. The van der Waals surface area contributed by atoms with Crippen molar-refractivity contribution in [2.24, 2.45) is 0 Å². The van der Waals surface area contributed by atoms with Crippen molar-refractivity contribution in [3.8, 4) is 11.3 Å². The minimum Gasteiger partial charge on any atom is -0.345 e. The number of carbonyl (C=O) groups excluding carboxylic acids is 1. The Hall–Kier alpha value is -2.18. The van der Waals surface area contributed by atoms with Crippen LogP contribution in [-0.4, -0.2) is 33.8 Å². The van der Waals surface area contributed by atoms with Gasteiger partial charge in [0.1, 0.15) is 0 Å². The van der Waals surface area contributed by atoms with Crippen molar-refractivity contribution in [3.63, 3.8) is 0 Å². The van der Waals surface area contributed by atoms with Crippen LogP contribution in [0.3, 0.4) is 0 Å². The molecule has 24 heavy (non-hydrogen) atoms. The van der Waals surface area contributed by atoms with E-state index in [1.165, 1.54) is 4.90 Å². The molecule has 0 saturated carbocycles. The standard InChI is InChI=1S/C16H15Cl2N5O/c1-16(6-14(24)23(2)15(19)22-16)13-8-20-7-12(21-13)9-3-10(17)5-11(18)4-9/h3-5,7-8H,6H2,1-2H3,(H2,19,22)/t16-/m0/s1. The largest absolute Gasteiger partial charge is 0.345 e. The number of guanidine groups is 1. The highest BCUT2D eigenvalue weighted by molar-refractivity contribution is 6.35. The second-order valence-electron chi connectivity index (χ2n) is 5.88. The predicted octanol–water partition coefficient (Wildman–Crippen LogP) is 3.05. The molecular weight excluding hydrogens is 349 g/mol. The highest BCUT2D eigenvalue weighted by Crippen LogP contribution is 2.30. The Labute approximate surface area is 149 Å². The normalized spacial score (nSPS) is 20.9. The fourth-order valence-corrected chi connectivity index (χ4v) is 3.09. The summed E-state index contributed by atoms with van der Waals surface area (Å²) < 4.78 is 0. The second-order valence-corrected chi connectivity index (χ2v) is 6.76. The monoisotopic (exact) mass is 363 g/mol. The van der Waals surface area contributed by atoms with E-state index < -0.39 is 5.54 Å². The predicted molar refractivity (Wildman–Crippen MR) is 93.1 cm³/mol. The minimum atomic E-state index is -0.800. The van der Waals surface area contributed by atoms with Crippen molar-refractivity contribution >= 4 is 35.1 Å². The van der Waals surface area contributed by atoms with Gasteiger partial charge in [0.25, 0.3) is 0 Å². The summed E-state index contributed by atoms with van der Waals surface area (Å²) >= 11 is 12.1. The number of nitrogens with one attached hydrogen (secondary N) is 2. The summed E-state index contributed by atoms with van der Waals surface area (Å²) in [6.07, 6.45) is 3.38. The average molecular weight is 364 g/mol. The lowest BCUT2D eigenvalue weighted by Crippen LogP contribution is -2.58. The van der Waals surface area contributed by atoms with Gasteiger partial charge in [-0.2, -0.15) is 0 Å². The van der Waals surface area contributed by atoms with Gasteiger partial charge < -0.3 is 5.32 Å². The summed E-state index contributed by atoms with van der Waals surface area (Å²) in [7, 11) is 1.56. The van der Waals surface area contributed by atoms with Crippen LogP contribution >= 0.6 is 23.2 Å². The Morgan fingerprint density at radius 2 is 1.92 bits per heavy atom. The van der Waals surface area contributed by atoms with Crippen molar-refractivity contribution in [1.82, 2.24) is 20.2 Å². The molecule has 2 N–H and O–H groups in total.